The van der Waals surface area contributed by atoms with Gasteiger partial charge < -0.3 is 11.1 Å². The fourth-order valence-electron chi connectivity index (χ4n) is 2.86. The molecule has 0 spiro atoms. The maximum atomic E-state index is 11.9. The number of nitrogens with zero attached hydrogens (tertiary/aromatic N) is 1. The minimum Gasteiger partial charge on any atom is -0.324 e. The van der Waals surface area contributed by atoms with Gasteiger partial charge in [-0.15, -0.1) is 0 Å². The lowest BCUT2D eigenvalue weighted by atomic mass is 10.1. The number of rotatable bonds is 4. The lowest BCUT2D eigenvalue weighted by molar-refractivity contribution is -0.118. The van der Waals surface area contributed by atoms with E-state index in [0.717, 1.165) is 25.1 Å². The van der Waals surface area contributed by atoms with E-state index in [-0.39, 0.29) is 5.91 Å². The molecule has 1 heterocycles. The van der Waals surface area contributed by atoms with Gasteiger partial charge in [0.05, 0.1) is 5.54 Å². The molecule has 0 radical (unpaired) electrons. The van der Waals surface area contributed by atoms with Crippen molar-refractivity contribution in [3.05, 3.63) is 29.8 Å². The first-order valence-corrected chi connectivity index (χ1v) is 8.07. The molecule has 4 heteroatoms. The molecule has 1 aliphatic heterocycles. The summed E-state index contributed by atoms with van der Waals surface area (Å²) in [6.07, 6.45) is 6.95. The largest absolute Gasteiger partial charge is 0.324 e. The molecule has 3 N–H and O–H groups in total. The van der Waals surface area contributed by atoms with Crippen molar-refractivity contribution in [2.45, 2.75) is 50.6 Å². The standard InChI is InChI=1S/C17H25N3O/c18-17(9-10-17)16(21)19-15-7-5-14(6-8-15)13-20-11-3-1-2-4-12-20/h5-8H,1-4,9-13,18H2,(H,19,21). The number of likely N-dealkylation sites (tertiary alicyclic amines) is 1. The summed E-state index contributed by atoms with van der Waals surface area (Å²) in [6.45, 7) is 3.41. The maximum Gasteiger partial charge on any atom is 0.244 e. The van der Waals surface area contributed by atoms with Gasteiger partial charge in [0.25, 0.3) is 0 Å². The molecule has 0 unspecified atom stereocenters. The molecule has 4 nitrogen and oxygen atoms in total. The lowest BCUT2D eigenvalue weighted by Crippen LogP contribution is -2.37. The van der Waals surface area contributed by atoms with E-state index in [9.17, 15) is 4.79 Å². The van der Waals surface area contributed by atoms with E-state index < -0.39 is 5.54 Å². The molecular weight excluding hydrogens is 262 g/mol. The van der Waals surface area contributed by atoms with Crippen LogP contribution >= 0.6 is 0 Å². The predicted molar refractivity (Wildman–Crippen MR) is 85.0 cm³/mol. The van der Waals surface area contributed by atoms with Crippen molar-refractivity contribution in [1.82, 2.24) is 4.90 Å². The Bertz CT molecular complexity index is 485. The summed E-state index contributed by atoms with van der Waals surface area (Å²) in [6, 6.07) is 8.18. The Balaban J connectivity index is 1.54. The van der Waals surface area contributed by atoms with Gasteiger partial charge in [-0.25, -0.2) is 0 Å². The van der Waals surface area contributed by atoms with Gasteiger partial charge in [-0.05, 0) is 56.5 Å². The van der Waals surface area contributed by atoms with Crippen LogP contribution in [0.25, 0.3) is 0 Å². The highest BCUT2D eigenvalue weighted by atomic mass is 16.2. The van der Waals surface area contributed by atoms with Crippen molar-refractivity contribution in [1.29, 1.82) is 0 Å². The highest BCUT2D eigenvalue weighted by Gasteiger charge is 2.45. The molecule has 1 aliphatic carbocycles. The third-order valence-electron chi connectivity index (χ3n) is 4.56. The molecule has 1 saturated heterocycles. The molecule has 1 amide bonds. The minimum absolute atomic E-state index is 0.0530. The Kier molecular flexibility index (Phi) is 4.27. The van der Waals surface area contributed by atoms with Crippen molar-refractivity contribution >= 4 is 11.6 Å². The second-order valence-corrected chi connectivity index (χ2v) is 6.50. The Hall–Kier alpha value is -1.39. The zero-order valence-corrected chi connectivity index (χ0v) is 12.6. The van der Waals surface area contributed by atoms with Crippen LogP contribution in [0.2, 0.25) is 0 Å². The number of carbonyl (C=O) groups is 1. The van der Waals surface area contributed by atoms with Crippen LogP contribution in [-0.2, 0) is 11.3 Å². The van der Waals surface area contributed by atoms with Gasteiger partial charge in [0.2, 0.25) is 5.91 Å². The molecular formula is C17H25N3O. The second kappa shape index (κ2) is 6.16. The van der Waals surface area contributed by atoms with Gasteiger partial charge in [-0.2, -0.15) is 0 Å². The third-order valence-corrected chi connectivity index (χ3v) is 4.56. The summed E-state index contributed by atoms with van der Waals surface area (Å²) in [5.41, 5.74) is 7.43. The number of benzene rings is 1. The van der Waals surface area contributed by atoms with Crippen LogP contribution in [-0.4, -0.2) is 29.4 Å². The number of amides is 1. The van der Waals surface area contributed by atoms with Crippen LogP contribution in [0.1, 0.15) is 44.1 Å². The van der Waals surface area contributed by atoms with Crippen molar-refractivity contribution < 1.29 is 4.79 Å². The lowest BCUT2D eigenvalue weighted by Gasteiger charge is -2.20. The van der Waals surface area contributed by atoms with E-state index in [1.165, 1.54) is 44.3 Å². The quantitative estimate of drug-likeness (QED) is 0.894. The first kappa shape index (κ1) is 14.5. The summed E-state index contributed by atoms with van der Waals surface area (Å²) in [4.78, 5) is 14.4. The summed E-state index contributed by atoms with van der Waals surface area (Å²) in [5.74, 6) is -0.0530. The average Bonchev–Trinajstić information content (AvgIpc) is 3.26. The molecule has 0 bridgehead atoms. The van der Waals surface area contributed by atoms with Crippen LogP contribution in [0.5, 0.6) is 0 Å². The topological polar surface area (TPSA) is 58.4 Å². The predicted octanol–water partition coefficient (Wildman–Crippen LogP) is 2.49. The van der Waals surface area contributed by atoms with E-state index >= 15 is 0 Å². The number of carbonyl (C=O) groups excluding carboxylic acids is 1. The van der Waals surface area contributed by atoms with E-state index in [2.05, 4.69) is 22.3 Å². The maximum absolute atomic E-state index is 11.9. The SMILES string of the molecule is NC1(C(=O)Nc2ccc(CN3CCCCCC3)cc2)CC1. The molecule has 114 valence electrons. The average molecular weight is 287 g/mol. The highest BCUT2D eigenvalue weighted by Crippen LogP contribution is 2.33. The van der Waals surface area contributed by atoms with E-state index in [1.807, 2.05) is 12.1 Å². The number of nitrogens with two attached hydrogens (primary N) is 1. The fourth-order valence-corrected chi connectivity index (χ4v) is 2.86. The Morgan fingerprint density at radius 2 is 1.71 bits per heavy atom. The zero-order chi connectivity index (χ0) is 14.7. The number of nitrogens with one attached hydrogen (secondary N) is 1. The van der Waals surface area contributed by atoms with Gasteiger partial charge >= 0.3 is 0 Å². The van der Waals surface area contributed by atoms with E-state index in [1.54, 1.807) is 0 Å². The second-order valence-electron chi connectivity index (χ2n) is 6.50. The fraction of sp³-hybridized carbons (Fsp3) is 0.588. The van der Waals surface area contributed by atoms with Crippen molar-refractivity contribution in [3.8, 4) is 0 Å². The van der Waals surface area contributed by atoms with Crippen molar-refractivity contribution in [2.24, 2.45) is 5.73 Å². The van der Waals surface area contributed by atoms with Gasteiger partial charge in [-0.1, -0.05) is 25.0 Å². The van der Waals surface area contributed by atoms with E-state index in [0.29, 0.717) is 0 Å². The van der Waals surface area contributed by atoms with Gasteiger partial charge in [0, 0.05) is 12.2 Å². The van der Waals surface area contributed by atoms with Crippen molar-refractivity contribution in [3.63, 3.8) is 0 Å². The van der Waals surface area contributed by atoms with Gasteiger partial charge in [0.15, 0.2) is 0 Å². The summed E-state index contributed by atoms with van der Waals surface area (Å²) >= 11 is 0. The zero-order valence-electron chi connectivity index (χ0n) is 12.6. The van der Waals surface area contributed by atoms with Crippen LogP contribution in [0, 0.1) is 0 Å². The molecule has 0 atom stereocenters. The summed E-state index contributed by atoms with van der Waals surface area (Å²) in [5, 5.41) is 2.91. The molecule has 0 aromatic heterocycles. The normalized spacial score (nSPS) is 21.6. The van der Waals surface area contributed by atoms with E-state index in [4.69, 9.17) is 5.73 Å². The Labute approximate surface area is 126 Å². The first-order valence-electron chi connectivity index (χ1n) is 8.07. The first-order chi connectivity index (χ1) is 10.2. The molecule has 1 aromatic carbocycles. The molecule has 1 aromatic rings. The molecule has 1 saturated carbocycles. The summed E-state index contributed by atoms with van der Waals surface area (Å²) in [7, 11) is 0. The molecule has 3 rings (SSSR count). The number of hydrogen-bond donors (Lipinski definition) is 2. The third kappa shape index (κ3) is 3.83. The molecule has 2 aliphatic rings. The highest BCUT2D eigenvalue weighted by molar-refractivity contribution is 6.00. The molecule has 2 fully saturated rings. The van der Waals surface area contributed by atoms with Crippen LogP contribution in [0.15, 0.2) is 24.3 Å². The Morgan fingerprint density at radius 1 is 1.10 bits per heavy atom. The minimum atomic E-state index is -0.606. The van der Waals surface area contributed by atoms with Crippen LogP contribution in [0.3, 0.4) is 0 Å². The Morgan fingerprint density at radius 3 is 2.29 bits per heavy atom. The van der Waals surface area contributed by atoms with Crippen LogP contribution in [0.4, 0.5) is 5.69 Å². The molecule has 21 heavy (non-hydrogen) atoms. The summed E-state index contributed by atoms with van der Waals surface area (Å²) < 4.78 is 0. The number of anilines is 1. The van der Waals surface area contributed by atoms with Crippen molar-refractivity contribution in [2.75, 3.05) is 18.4 Å². The van der Waals surface area contributed by atoms with Gasteiger partial charge in [0.1, 0.15) is 0 Å². The van der Waals surface area contributed by atoms with Gasteiger partial charge in [-0.3, -0.25) is 9.69 Å². The van der Waals surface area contributed by atoms with Crippen LogP contribution < -0.4 is 11.1 Å². The number of hydrogen-bond acceptors (Lipinski definition) is 3. The monoisotopic (exact) mass is 287 g/mol. The smallest absolute Gasteiger partial charge is 0.244 e.